The van der Waals surface area contributed by atoms with Crippen LogP contribution in [0.4, 0.5) is 10.2 Å². The molecular formula is C21H23FIN3O. The second-order valence-electron chi connectivity index (χ2n) is 8.04. The molecule has 0 spiro atoms. The molecule has 3 aromatic rings. The fourth-order valence-electron chi connectivity index (χ4n) is 2.96. The number of aromatic nitrogens is 2. The molecule has 2 heterocycles. The highest BCUT2D eigenvalue weighted by Gasteiger charge is 2.18. The van der Waals surface area contributed by atoms with E-state index in [0.717, 1.165) is 25.7 Å². The minimum Gasteiger partial charge on any atom is -0.341 e. The lowest BCUT2D eigenvalue weighted by molar-refractivity contribution is -0.117. The summed E-state index contributed by atoms with van der Waals surface area (Å²) in [6.45, 7) is 8.69. The zero-order valence-electron chi connectivity index (χ0n) is 15.9. The minimum absolute atomic E-state index is 0.0294. The van der Waals surface area contributed by atoms with Crippen LogP contribution in [0.1, 0.15) is 38.3 Å². The smallest absolute Gasteiger partial charge is 0.226 e. The number of pyridine rings is 1. The van der Waals surface area contributed by atoms with Crippen molar-refractivity contribution in [2.24, 2.45) is 5.41 Å². The molecule has 6 heteroatoms. The fraction of sp³-hybridized carbons (Fsp3) is 0.333. The van der Waals surface area contributed by atoms with Crippen LogP contribution in [0.5, 0.6) is 0 Å². The molecule has 3 rings (SSSR count). The van der Waals surface area contributed by atoms with Gasteiger partial charge in [0.2, 0.25) is 5.91 Å². The Bertz CT molecular complexity index is 987. The highest BCUT2D eigenvalue weighted by atomic mass is 127. The van der Waals surface area contributed by atoms with Gasteiger partial charge in [-0.2, -0.15) is 0 Å². The number of benzene rings is 1. The van der Waals surface area contributed by atoms with Crippen molar-refractivity contribution >= 4 is 45.3 Å². The number of fused-ring (bicyclic) bond motifs is 1. The topological polar surface area (TPSA) is 46.9 Å². The van der Waals surface area contributed by atoms with Crippen LogP contribution in [-0.4, -0.2) is 15.5 Å². The van der Waals surface area contributed by atoms with Crippen molar-refractivity contribution in [3.05, 3.63) is 57.0 Å². The molecule has 0 aliphatic carbocycles. The average molecular weight is 479 g/mol. The van der Waals surface area contributed by atoms with E-state index in [2.05, 4.69) is 32.5 Å². The standard InChI is InChI=1S/C21H23FIN3O/c1-13-9-17-19(25-20(13)24-18(27)10-21(2,3)4)16(23)12-26(17)11-14-5-7-15(22)8-6-14/h5-9,12H,10-11H2,1-4H3,(H,24,25,27). The van der Waals surface area contributed by atoms with E-state index in [1.807, 2.05) is 40.0 Å². The predicted molar refractivity (Wildman–Crippen MR) is 115 cm³/mol. The second kappa shape index (κ2) is 7.58. The van der Waals surface area contributed by atoms with E-state index in [9.17, 15) is 9.18 Å². The summed E-state index contributed by atoms with van der Waals surface area (Å²) >= 11 is 2.26. The summed E-state index contributed by atoms with van der Waals surface area (Å²) in [5, 5.41) is 2.95. The molecule has 27 heavy (non-hydrogen) atoms. The summed E-state index contributed by atoms with van der Waals surface area (Å²) in [5.41, 5.74) is 3.71. The zero-order valence-corrected chi connectivity index (χ0v) is 18.1. The van der Waals surface area contributed by atoms with Gasteiger partial charge in [-0.05, 0) is 64.3 Å². The van der Waals surface area contributed by atoms with Gasteiger partial charge in [-0.1, -0.05) is 32.9 Å². The lowest BCUT2D eigenvalue weighted by atomic mass is 9.92. The Labute approximate surface area is 172 Å². The molecule has 0 bridgehead atoms. The third kappa shape index (κ3) is 4.86. The lowest BCUT2D eigenvalue weighted by Gasteiger charge is -2.17. The Morgan fingerprint density at radius 1 is 1.26 bits per heavy atom. The normalized spacial score (nSPS) is 11.8. The Kier molecular flexibility index (Phi) is 5.55. The number of nitrogens with zero attached hydrogens (tertiary/aromatic N) is 2. The van der Waals surface area contributed by atoms with Crippen molar-refractivity contribution in [1.29, 1.82) is 0 Å². The Hall–Kier alpha value is -1.96. The van der Waals surface area contributed by atoms with Crippen molar-refractivity contribution in [1.82, 2.24) is 9.55 Å². The minimum atomic E-state index is -0.237. The highest BCUT2D eigenvalue weighted by molar-refractivity contribution is 14.1. The van der Waals surface area contributed by atoms with Gasteiger partial charge in [-0.3, -0.25) is 4.79 Å². The summed E-state index contributed by atoms with van der Waals surface area (Å²) in [5.74, 6) is 0.339. The summed E-state index contributed by atoms with van der Waals surface area (Å²) in [6, 6.07) is 8.56. The number of hydrogen-bond donors (Lipinski definition) is 1. The number of amides is 1. The summed E-state index contributed by atoms with van der Waals surface area (Å²) in [6.07, 6.45) is 2.47. The van der Waals surface area contributed by atoms with E-state index in [4.69, 9.17) is 4.98 Å². The number of anilines is 1. The van der Waals surface area contributed by atoms with Crippen molar-refractivity contribution in [3.8, 4) is 0 Å². The van der Waals surface area contributed by atoms with Crippen LogP contribution >= 0.6 is 22.6 Å². The first-order valence-corrected chi connectivity index (χ1v) is 9.90. The van der Waals surface area contributed by atoms with Crippen LogP contribution in [0, 0.1) is 21.7 Å². The Morgan fingerprint density at radius 3 is 2.56 bits per heavy atom. The van der Waals surface area contributed by atoms with E-state index in [1.54, 1.807) is 12.1 Å². The summed E-state index contributed by atoms with van der Waals surface area (Å²) in [4.78, 5) is 17.0. The molecule has 0 aliphatic heterocycles. The number of hydrogen-bond acceptors (Lipinski definition) is 2. The highest BCUT2D eigenvalue weighted by Crippen LogP contribution is 2.27. The van der Waals surface area contributed by atoms with Gasteiger partial charge in [0.25, 0.3) is 0 Å². The van der Waals surface area contributed by atoms with Crippen molar-refractivity contribution in [2.75, 3.05) is 5.32 Å². The molecule has 2 aromatic heterocycles. The van der Waals surface area contributed by atoms with Gasteiger partial charge in [-0.25, -0.2) is 9.37 Å². The van der Waals surface area contributed by atoms with Gasteiger partial charge in [0.15, 0.2) is 0 Å². The third-order valence-corrected chi connectivity index (χ3v) is 5.00. The first-order valence-electron chi connectivity index (χ1n) is 8.83. The van der Waals surface area contributed by atoms with Crippen molar-refractivity contribution < 1.29 is 9.18 Å². The molecule has 1 aromatic carbocycles. The van der Waals surface area contributed by atoms with E-state index >= 15 is 0 Å². The van der Waals surface area contributed by atoms with Gasteiger partial charge in [0.05, 0.1) is 9.09 Å². The maximum atomic E-state index is 13.1. The number of rotatable bonds is 4. The van der Waals surface area contributed by atoms with Gasteiger partial charge in [0, 0.05) is 19.2 Å². The van der Waals surface area contributed by atoms with Crippen LogP contribution in [-0.2, 0) is 11.3 Å². The third-order valence-electron chi connectivity index (χ3n) is 4.21. The molecule has 142 valence electrons. The maximum Gasteiger partial charge on any atom is 0.226 e. The summed E-state index contributed by atoms with van der Waals surface area (Å²) in [7, 11) is 0. The molecule has 0 atom stereocenters. The molecule has 0 radical (unpaired) electrons. The zero-order chi connectivity index (χ0) is 19.8. The number of aryl methyl sites for hydroxylation is 1. The molecule has 0 saturated carbocycles. The lowest BCUT2D eigenvalue weighted by Crippen LogP contribution is -2.20. The van der Waals surface area contributed by atoms with E-state index in [0.29, 0.717) is 18.8 Å². The molecule has 0 unspecified atom stereocenters. The molecular weight excluding hydrogens is 456 g/mol. The average Bonchev–Trinajstić information content (AvgIpc) is 2.84. The molecule has 0 fully saturated rings. The van der Waals surface area contributed by atoms with Gasteiger partial charge in [0.1, 0.15) is 17.2 Å². The molecule has 0 aliphatic rings. The van der Waals surface area contributed by atoms with E-state index in [1.165, 1.54) is 12.1 Å². The largest absolute Gasteiger partial charge is 0.341 e. The predicted octanol–water partition coefficient (Wildman–Crippen LogP) is 5.51. The number of carbonyl (C=O) groups is 1. The number of carbonyl (C=O) groups excluding carboxylic acids is 1. The van der Waals surface area contributed by atoms with Gasteiger partial charge in [-0.15, -0.1) is 0 Å². The van der Waals surface area contributed by atoms with Gasteiger partial charge < -0.3 is 9.88 Å². The quantitative estimate of drug-likeness (QED) is 0.502. The summed E-state index contributed by atoms with van der Waals surface area (Å²) < 4.78 is 16.2. The Morgan fingerprint density at radius 2 is 1.93 bits per heavy atom. The van der Waals surface area contributed by atoms with Crippen LogP contribution in [0.3, 0.4) is 0 Å². The molecule has 4 nitrogen and oxygen atoms in total. The van der Waals surface area contributed by atoms with Crippen LogP contribution in [0.2, 0.25) is 0 Å². The number of halogens is 2. The maximum absolute atomic E-state index is 13.1. The van der Waals surface area contributed by atoms with Crippen LogP contribution in [0.15, 0.2) is 36.5 Å². The molecule has 0 saturated heterocycles. The Balaban J connectivity index is 1.91. The monoisotopic (exact) mass is 479 g/mol. The number of nitrogens with one attached hydrogen (secondary N) is 1. The first kappa shape index (κ1) is 19.8. The second-order valence-corrected chi connectivity index (χ2v) is 9.20. The van der Waals surface area contributed by atoms with E-state index < -0.39 is 0 Å². The van der Waals surface area contributed by atoms with Crippen molar-refractivity contribution in [3.63, 3.8) is 0 Å². The SMILES string of the molecule is Cc1cc2c(nc1NC(=O)CC(C)(C)C)c(I)cn2Cc1ccc(F)cc1. The van der Waals surface area contributed by atoms with Crippen LogP contribution < -0.4 is 5.32 Å². The van der Waals surface area contributed by atoms with Crippen molar-refractivity contribution in [2.45, 2.75) is 40.7 Å². The van der Waals surface area contributed by atoms with E-state index in [-0.39, 0.29) is 17.1 Å². The molecule has 1 amide bonds. The van der Waals surface area contributed by atoms with Gasteiger partial charge >= 0.3 is 0 Å². The molecule has 1 N–H and O–H groups in total. The fourth-order valence-corrected chi connectivity index (χ4v) is 3.70. The first-order chi connectivity index (χ1) is 12.6. The van der Waals surface area contributed by atoms with Crippen LogP contribution in [0.25, 0.3) is 11.0 Å².